The molecule has 1 atom stereocenters. The lowest BCUT2D eigenvalue weighted by Gasteiger charge is -2.28. The molecular formula is C26H31N5O2S. The van der Waals surface area contributed by atoms with Crippen LogP contribution < -0.4 is 10.2 Å². The van der Waals surface area contributed by atoms with Gasteiger partial charge in [-0.1, -0.05) is 54.2 Å². The van der Waals surface area contributed by atoms with E-state index in [1.54, 1.807) is 0 Å². The molecule has 178 valence electrons. The summed E-state index contributed by atoms with van der Waals surface area (Å²) in [5.74, 6) is 0.863. The molecule has 0 bridgehead atoms. The van der Waals surface area contributed by atoms with Crippen molar-refractivity contribution in [3.8, 4) is 5.69 Å². The quantitative estimate of drug-likeness (QED) is 0.366. The molecule has 4 rings (SSSR count). The summed E-state index contributed by atoms with van der Waals surface area (Å²) in [6.45, 7) is 5.96. The number of hydrogen-bond donors (Lipinski definition) is 1. The van der Waals surface area contributed by atoms with Gasteiger partial charge in [0, 0.05) is 32.1 Å². The monoisotopic (exact) mass is 477 g/mol. The number of benzene rings is 2. The number of amides is 1. The molecule has 0 aliphatic carbocycles. The number of nitrogens with zero attached hydrogens (tertiary/aromatic N) is 4. The number of rotatable bonds is 9. The van der Waals surface area contributed by atoms with E-state index in [1.165, 1.54) is 25.1 Å². The summed E-state index contributed by atoms with van der Waals surface area (Å²) in [4.78, 5) is 26.5. The van der Waals surface area contributed by atoms with Crippen LogP contribution in [0.3, 0.4) is 0 Å². The second-order valence-corrected chi connectivity index (χ2v) is 9.86. The summed E-state index contributed by atoms with van der Waals surface area (Å²) in [5, 5.41) is 12.2. The zero-order chi connectivity index (χ0) is 23.9. The summed E-state index contributed by atoms with van der Waals surface area (Å²) in [6, 6.07) is 17.7. The molecule has 1 aromatic heterocycles. The predicted octanol–water partition coefficient (Wildman–Crippen LogP) is 4.30. The van der Waals surface area contributed by atoms with Gasteiger partial charge in [0.05, 0.1) is 10.9 Å². The average Bonchev–Trinajstić information content (AvgIpc) is 3.28. The van der Waals surface area contributed by atoms with Gasteiger partial charge in [0.1, 0.15) is 0 Å². The summed E-state index contributed by atoms with van der Waals surface area (Å²) >= 11 is 1.44. The van der Waals surface area contributed by atoms with Crippen LogP contribution in [-0.2, 0) is 11.2 Å². The zero-order valence-corrected chi connectivity index (χ0v) is 20.6. The van der Waals surface area contributed by atoms with Crippen LogP contribution in [0, 0.1) is 0 Å². The minimum atomic E-state index is -0.314. The fourth-order valence-electron chi connectivity index (χ4n) is 4.11. The Balaban J connectivity index is 1.50. The second kappa shape index (κ2) is 11.3. The van der Waals surface area contributed by atoms with Crippen LogP contribution in [-0.4, -0.2) is 51.3 Å². The third kappa shape index (κ3) is 5.86. The number of para-hydroxylation sites is 1. The Kier molecular flexibility index (Phi) is 8.00. The molecule has 1 fully saturated rings. The first kappa shape index (κ1) is 24.0. The summed E-state index contributed by atoms with van der Waals surface area (Å²) in [6.07, 6.45) is 4.28. The van der Waals surface area contributed by atoms with Crippen molar-refractivity contribution in [3.05, 3.63) is 65.7 Å². The number of nitrogens with one attached hydrogen (secondary N) is 1. The Labute approximate surface area is 205 Å². The summed E-state index contributed by atoms with van der Waals surface area (Å²) in [7, 11) is 0. The SMILES string of the molecule is CC(=O)NCCc1ccc(C(=O)C(C)Sc2nnc(N3CCCCC3)n2-c2ccccc2)cc1. The van der Waals surface area contributed by atoms with E-state index >= 15 is 0 Å². The van der Waals surface area contributed by atoms with E-state index in [0.29, 0.717) is 12.1 Å². The van der Waals surface area contributed by atoms with Crippen molar-refractivity contribution in [3.63, 3.8) is 0 Å². The lowest BCUT2D eigenvalue weighted by molar-refractivity contribution is -0.118. The maximum absolute atomic E-state index is 13.2. The average molecular weight is 478 g/mol. The highest BCUT2D eigenvalue weighted by molar-refractivity contribution is 8.00. The summed E-state index contributed by atoms with van der Waals surface area (Å²) < 4.78 is 2.07. The van der Waals surface area contributed by atoms with Crippen molar-refractivity contribution in [1.29, 1.82) is 0 Å². The van der Waals surface area contributed by atoms with E-state index in [9.17, 15) is 9.59 Å². The maximum atomic E-state index is 13.2. The molecule has 2 heterocycles. The third-order valence-electron chi connectivity index (χ3n) is 5.95. The number of anilines is 1. The van der Waals surface area contributed by atoms with Gasteiger partial charge in [-0.2, -0.15) is 0 Å². The van der Waals surface area contributed by atoms with Crippen molar-refractivity contribution < 1.29 is 9.59 Å². The predicted molar refractivity (Wildman–Crippen MR) is 136 cm³/mol. The van der Waals surface area contributed by atoms with Crippen molar-refractivity contribution >= 4 is 29.4 Å². The first-order valence-corrected chi connectivity index (χ1v) is 12.7. The molecule has 1 N–H and O–H groups in total. The van der Waals surface area contributed by atoms with Crippen LogP contribution in [0.4, 0.5) is 5.95 Å². The smallest absolute Gasteiger partial charge is 0.232 e. The number of thioether (sulfide) groups is 1. The fourth-order valence-corrected chi connectivity index (χ4v) is 5.04. The Bertz CT molecular complexity index is 1110. The highest BCUT2D eigenvalue weighted by atomic mass is 32.2. The van der Waals surface area contributed by atoms with Crippen LogP contribution in [0.1, 0.15) is 49.0 Å². The molecule has 7 nitrogen and oxygen atoms in total. The Hall–Kier alpha value is -3.13. The maximum Gasteiger partial charge on any atom is 0.232 e. The van der Waals surface area contributed by atoms with E-state index < -0.39 is 0 Å². The van der Waals surface area contributed by atoms with Crippen LogP contribution in [0.25, 0.3) is 5.69 Å². The molecule has 2 aromatic carbocycles. The van der Waals surface area contributed by atoms with Crippen LogP contribution in [0.2, 0.25) is 0 Å². The second-order valence-electron chi connectivity index (χ2n) is 8.56. The number of aromatic nitrogens is 3. The number of ketones is 1. The number of piperidine rings is 1. The fraction of sp³-hybridized carbons (Fsp3) is 0.385. The molecule has 1 aliphatic heterocycles. The molecule has 1 amide bonds. The minimum Gasteiger partial charge on any atom is -0.356 e. The topological polar surface area (TPSA) is 80.1 Å². The van der Waals surface area contributed by atoms with Gasteiger partial charge in [-0.05, 0) is 50.3 Å². The minimum absolute atomic E-state index is 0.0376. The van der Waals surface area contributed by atoms with E-state index in [4.69, 9.17) is 0 Å². The molecule has 34 heavy (non-hydrogen) atoms. The van der Waals surface area contributed by atoms with Crippen LogP contribution >= 0.6 is 11.8 Å². The van der Waals surface area contributed by atoms with E-state index in [-0.39, 0.29) is 16.9 Å². The van der Waals surface area contributed by atoms with Gasteiger partial charge in [0.25, 0.3) is 0 Å². The Morgan fingerprint density at radius 3 is 2.38 bits per heavy atom. The lowest BCUT2D eigenvalue weighted by atomic mass is 10.0. The highest BCUT2D eigenvalue weighted by Gasteiger charge is 2.25. The van der Waals surface area contributed by atoms with E-state index in [1.807, 2.05) is 61.5 Å². The van der Waals surface area contributed by atoms with Crippen LogP contribution in [0.5, 0.6) is 0 Å². The van der Waals surface area contributed by atoms with Gasteiger partial charge in [-0.25, -0.2) is 0 Å². The molecule has 1 unspecified atom stereocenters. The first-order chi connectivity index (χ1) is 16.5. The molecule has 0 saturated carbocycles. The largest absolute Gasteiger partial charge is 0.356 e. The molecule has 0 spiro atoms. The number of carbonyl (C=O) groups is 2. The molecule has 3 aromatic rings. The summed E-state index contributed by atoms with van der Waals surface area (Å²) in [5.41, 5.74) is 2.75. The van der Waals surface area contributed by atoms with Gasteiger partial charge in [0.15, 0.2) is 10.9 Å². The third-order valence-corrected chi connectivity index (χ3v) is 6.99. The zero-order valence-electron chi connectivity index (χ0n) is 19.7. The molecule has 1 aliphatic rings. The van der Waals surface area contributed by atoms with Crippen molar-refractivity contribution in [2.45, 2.75) is 49.9 Å². The molecule has 0 radical (unpaired) electrons. The first-order valence-electron chi connectivity index (χ1n) is 11.8. The molecule has 1 saturated heterocycles. The number of Topliss-reactive ketones (excluding diaryl/α,β-unsaturated/α-hetero) is 1. The highest BCUT2D eigenvalue weighted by Crippen LogP contribution is 2.31. The van der Waals surface area contributed by atoms with Gasteiger partial charge >= 0.3 is 0 Å². The van der Waals surface area contributed by atoms with Gasteiger partial charge in [0.2, 0.25) is 11.9 Å². The van der Waals surface area contributed by atoms with Crippen molar-refractivity contribution in [1.82, 2.24) is 20.1 Å². The van der Waals surface area contributed by atoms with Crippen molar-refractivity contribution in [2.24, 2.45) is 0 Å². The van der Waals surface area contributed by atoms with Gasteiger partial charge in [-0.15, -0.1) is 10.2 Å². The Morgan fingerprint density at radius 2 is 1.71 bits per heavy atom. The van der Waals surface area contributed by atoms with Gasteiger partial charge in [-0.3, -0.25) is 14.2 Å². The van der Waals surface area contributed by atoms with Gasteiger partial charge < -0.3 is 10.2 Å². The molecular weight excluding hydrogens is 446 g/mol. The molecule has 8 heteroatoms. The van der Waals surface area contributed by atoms with Crippen molar-refractivity contribution in [2.75, 3.05) is 24.5 Å². The normalized spacial score (nSPS) is 14.6. The lowest BCUT2D eigenvalue weighted by Crippen LogP contribution is -2.31. The van der Waals surface area contributed by atoms with Crippen LogP contribution in [0.15, 0.2) is 59.8 Å². The van der Waals surface area contributed by atoms with E-state index in [0.717, 1.165) is 54.7 Å². The number of hydrogen-bond acceptors (Lipinski definition) is 6. The Morgan fingerprint density at radius 1 is 1.00 bits per heavy atom. The van der Waals surface area contributed by atoms with E-state index in [2.05, 4.69) is 25.0 Å². The number of carbonyl (C=O) groups excluding carboxylic acids is 2. The standard InChI is InChI=1S/C26H31N5O2S/c1-19(24(33)22-13-11-21(12-14-22)15-16-27-20(2)32)34-26-29-28-25(30-17-7-4-8-18-30)31(26)23-9-5-3-6-10-23/h3,5-6,9-14,19H,4,7-8,15-18H2,1-2H3,(H,27,32).